The number of anilines is 1. The van der Waals surface area contributed by atoms with E-state index in [9.17, 15) is 13.2 Å². The van der Waals surface area contributed by atoms with Crippen LogP contribution in [0.15, 0.2) is 29.2 Å². The Morgan fingerprint density at radius 2 is 1.71 bits per heavy atom. The molecule has 1 heterocycles. The molecule has 1 N–H and O–H groups in total. The number of sulfonamides is 1. The lowest BCUT2D eigenvalue weighted by molar-refractivity contribution is -0.105. The van der Waals surface area contributed by atoms with E-state index >= 15 is 0 Å². The second-order valence-electron chi connectivity index (χ2n) is 3.90. The van der Waals surface area contributed by atoms with Gasteiger partial charge in [0.1, 0.15) is 0 Å². The monoisotopic (exact) mass is 254 g/mol. The molecule has 0 aliphatic carbocycles. The Hall–Kier alpha value is -1.40. The summed E-state index contributed by atoms with van der Waals surface area (Å²) in [6, 6.07) is 6.19. The summed E-state index contributed by atoms with van der Waals surface area (Å²) in [6.45, 7) is 1.19. The van der Waals surface area contributed by atoms with E-state index in [4.69, 9.17) is 0 Å². The molecule has 1 aliphatic heterocycles. The molecule has 1 aliphatic rings. The van der Waals surface area contributed by atoms with Crippen LogP contribution in [0.2, 0.25) is 0 Å². The van der Waals surface area contributed by atoms with Crippen molar-refractivity contribution >= 4 is 22.1 Å². The van der Waals surface area contributed by atoms with E-state index in [-0.39, 0.29) is 4.90 Å². The topological polar surface area (TPSA) is 66.5 Å². The van der Waals surface area contributed by atoms with Gasteiger partial charge in [-0.15, -0.1) is 0 Å². The molecule has 17 heavy (non-hydrogen) atoms. The third kappa shape index (κ3) is 2.48. The first-order valence-corrected chi connectivity index (χ1v) is 6.89. The molecule has 92 valence electrons. The Kier molecular flexibility index (Phi) is 3.44. The first kappa shape index (κ1) is 12.1. The largest absolute Gasteiger partial charge is 0.329 e. The highest BCUT2D eigenvalue weighted by molar-refractivity contribution is 7.89. The van der Waals surface area contributed by atoms with Crippen LogP contribution in [-0.4, -0.2) is 32.2 Å². The standard InChI is InChI=1S/C11H14N2O3S/c14-9-12-10-3-5-11(6-4-10)17(15,16)13-7-1-2-8-13/h3-6,9H,1-2,7-8H2,(H,12,14). The summed E-state index contributed by atoms with van der Waals surface area (Å²) in [5.41, 5.74) is 0.584. The van der Waals surface area contributed by atoms with Gasteiger partial charge in [0.25, 0.3) is 0 Å². The van der Waals surface area contributed by atoms with E-state index in [1.54, 1.807) is 12.1 Å². The maximum absolute atomic E-state index is 12.1. The lowest BCUT2D eigenvalue weighted by Gasteiger charge is -2.15. The summed E-state index contributed by atoms with van der Waals surface area (Å²) >= 11 is 0. The smallest absolute Gasteiger partial charge is 0.243 e. The molecule has 0 atom stereocenters. The highest BCUT2D eigenvalue weighted by Crippen LogP contribution is 2.21. The molecule has 1 aromatic rings. The Morgan fingerprint density at radius 3 is 2.24 bits per heavy atom. The average molecular weight is 254 g/mol. The number of benzene rings is 1. The third-order valence-electron chi connectivity index (χ3n) is 2.78. The summed E-state index contributed by atoms with van der Waals surface area (Å²) in [7, 11) is -3.35. The van der Waals surface area contributed by atoms with Crippen molar-refractivity contribution in [1.82, 2.24) is 4.31 Å². The fourth-order valence-electron chi connectivity index (χ4n) is 1.87. The molecule has 0 aromatic heterocycles. The molecule has 0 unspecified atom stereocenters. The van der Waals surface area contributed by atoms with E-state index in [0.717, 1.165) is 12.8 Å². The van der Waals surface area contributed by atoms with E-state index in [0.29, 0.717) is 25.2 Å². The van der Waals surface area contributed by atoms with Crippen LogP contribution in [0.5, 0.6) is 0 Å². The zero-order valence-electron chi connectivity index (χ0n) is 9.30. The van der Waals surface area contributed by atoms with Gasteiger partial charge in [0.05, 0.1) is 4.90 Å². The molecule has 1 saturated heterocycles. The van der Waals surface area contributed by atoms with Crippen molar-refractivity contribution in [2.45, 2.75) is 17.7 Å². The minimum Gasteiger partial charge on any atom is -0.329 e. The molecule has 0 spiro atoms. The highest BCUT2D eigenvalue weighted by Gasteiger charge is 2.26. The van der Waals surface area contributed by atoms with Crippen molar-refractivity contribution in [2.24, 2.45) is 0 Å². The van der Waals surface area contributed by atoms with Crippen molar-refractivity contribution < 1.29 is 13.2 Å². The van der Waals surface area contributed by atoms with Gasteiger partial charge < -0.3 is 5.32 Å². The predicted molar refractivity (Wildman–Crippen MR) is 64.1 cm³/mol. The minimum absolute atomic E-state index is 0.274. The highest BCUT2D eigenvalue weighted by atomic mass is 32.2. The van der Waals surface area contributed by atoms with Gasteiger partial charge in [-0.2, -0.15) is 4.31 Å². The Bertz CT molecular complexity index is 490. The lowest BCUT2D eigenvalue weighted by Crippen LogP contribution is -2.27. The van der Waals surface area contributed by atoms with Crippen LogP contribution in [0.1, 0.15) is 12.8 Å². The first-order chi connectivity index (χ1) is 8.14. The summed E-state index contributed by atoms with van der Waals surface area (Å²) in [4.78, 5) is 10.5. The molecule has 1 aromatic carbocycles. The van der Waals surface area contributed by atoms with E-state index in [2.05, 4.69) is 5.32 Å². The zero-order chi connectivity index (χ0) is 12.3. The number of amides is 1. The number of nitrogens with zero attached hydrogens (tertiary/aromatic N) is 1. The molecule has 2 rings (SSSR count). The summed E-state index contributed by atoms with van der Waals surface area (Å²) in [5.74, 6) is 0. The van der Waals surface area contributed by atoms with Gasteiger partial charge in [-0.05, 0) is 37.1 Å². The predicted octanol–water partition coefficient (Wildman–Crippen LogP) is 1.04. The Balaban J connectivity index is 2.23. The van der Waals surface area contributed by atoms with Crippen LogP contribution >= 0.6 is 0 Å². The summed E-state index contributed by atoms with van der Waals surface area (Å²) in [6.07, 6.45) is 2.40. The van der Waals surface area contributed by atoms with Crippen LogP contribution in [0.3, 0.4) is 0 Å². The van der Waals surface area contributed by atoms with Crippen molar-refractivity contribution in [2.75, 3.05) is 18.4 Å². The fourth-order valence-corrected chi connectivity index (χ4v) is 3.39. The molecule has 6 heteroatoms. The van der Waals surface area contributed by atoms with Crippen LogP contribution in [0.4, 0.5) is 5.69 Å². The van der Waals surface area contributed by atoms with Crippen LogP contribution < -0.4 is 5.32 Å². The second-order valence-corrected chi connectivity index (χ2v) is 5.84. The van der Waals surface area contributed by atoms with Gasteiger partial charge in [-0.1, -0.05) is 0 Å². The van der Waals surface area contributed by atoms with Crippen LogP contribution in [0.25, 0.3) is 0 Å². The molecule has 0 bridgehead atoms. The van der Waals surface area contributed by atoms with Crippen molar-refractivity contribution in [3.63, 3.8) is 0 Å². The quantitative estimate of drug-likeness (QED) is 0.816. The maximum atomic E-state index is 12.1. The average Bonchev–Trinajstić information content (AvgIpc) is 2.84. The van der Waals surface area contributed by atoms with Gasteiger partial charge in [-0.25, -0.2) is 8.42 Å². The zero-order valence-corrected chi connectivity index (χ0v) is 10.1. The van der Waals surface area contributed by atoms with Crippen LogP contribution in [-0.2, 0) is 14.8 Å². The number of nitrogens with one attached hydrogen (secondary N) is 1. The molecule has 5 nitrogen and oxygen atoms in total. The van der Waals surface area contributed by atoms with E-state index < -0.39 is 10.0 Å². The molecule has 1 amide bonds. The van der Waals surface area contributed by atoms with E-state index in [1.807, 2.05) is 0 Å². The number of hydrogen-bond acceptors (Lipinski definition) is 3. The second kappa shape index (κ2) is 4.85. The van der Waals surface area contributed by atoms with Gasteiger partial charge in [0.15, 0.2) is 0 Å². The minimum atomic E-state index is -3.35. The number of hydrogen-bond donors (Lipinski definition) is 1. The number of carbonyl (C=O) groups is 1. The van der Waals surface area contributed by atoms with Crippen molar-refractivity contribution in [1.29, 1.82) is 0 Å². The molecular formula is C11H14N2O3S. The van der Waals surface area contributed by atoms with Gasteiger partial charge in [0, 0.05) is 18.8 Å². The Labute approximate surface area is 100 Å². The van der Waals surface area contributed by atoms with E-state index in [1.165, 1.54) is 16.4 Å². The molecule has 0 radical (unpaired) electrons. The molecule has 1 fully saturated rings. The summed E-state index contributed by atoms with van der Waals surface area (Å²) in [5, 5.41) is 2.47. The maximum Gasteiger partial charge on any atom is 0.243 e. The van der Waals surface area contributed by atoms with Gasteiger partial charge in [-0.3, -0.25) is 4.79 Å². The number of carbonyl (C=O) groups excluding carboxylic acids is 1. The van der Waals surface area contributed by atoms with Crippen molar-refractivity contribution in [3.8, 4) is 0 Å². The normalized spacial score (nSPS) is 16.9. The lowest BCUT2D eigenvalue weighted by atomic mass is 10.3. The first-order valence-electron chi connectivity index (χ1n) is 5.45. The fraction of sp³-hybridized carbons (Fsp3) is 0.364. The SMILES string of the molecule is O=CNc1ccc(S(=O)(=O)N2CCCC2)cc1. The number of rotatable bonds is 4. The van der Waals surface area contributed by atoms with Crippen molar-refractivity contribution in [3.05, 3.63) is 24.3 Å². The van der Waals surface area contributed by atoms with Gasteiger partial charge in [0.2, 0.25) is 16.4 Å². The molecular weight excluding hydrogens is 240 g/mol. The van der Waals surface area contributed by atoms with Crippen LogP contribution in [0, 0.1) is 0 Å². The third-order valence-corrected chi connectivity index (χ3v) is 4.70. The molecule has 0 saturated carbocycles. The summed E-state index contributed by atoms with van der Waals surface area (Å²) < 4.78 is 25.8. The Morgan fingerprint density at radius 1 is 1.12 bits per heavy atom. The van der Waals surface area contributed by atoms with Gasteiger partial charge >= 0.3 is 0 Å².